The quantitative estimate of drug-likeness (QED) is 0.455. The molecule has 0 spiro atoms. The van der Waals surface area contributed by atoms with Crippen LogP contribution in [0.15, 0.2) is 23.3 Å². The minimum Gasteiger partial charge on any atom is -0.477 e. The van der Waals surface area contributed by atoms with Gasteiger partial charge in [-0.05, 0) is 58.9 Å². The molecule has 0 radical (unpaired) electrons. The molecule has 1 fully saturated rings. The average Bonchev–Trinajstić information content (AvgIpc) is 3.43. The van der Waals surface area contributed by atoms with Crippen LogP contribution >= 0.6 is 0 Å². The number of aliphatic imine (C=N–C) groups is 1. The third-order valence-corrected chi connectivity index (χ3v) is 4.18. The number of carbonyl (C=O) groups is 1. The number of amides is 1. The summed E-state index contributed by atoms with van der Waals surface area (Å²) in [5, 5.41) is 9.33. The van der Waals surface area contributed by atoms with E-state index >= 15 is 0 Å². The maximum Gasteiger partial charge on any atom is 0.408 e. The van der Waals surface area contributed by atoms with Crippen LogP contribution in [0.25, 0.3) is 0 Å². The lowest BCUT2D eigenvalue weighted by molar-refractivity contribution is 0.0474. The Morgan fingerprint density at radius 2 is 1.93 bits per heavy atom. The minimum absolute atomic E-state index is 0.442. The summed E-state index contributed by atoms with van der Waals surface area (Å²) in [6, 6.07) is 3.88. The number of carbonyl (C=O) groups excluding carboxylic acids is 1. The third-order valence-electron chi connectivity index (χ3n) is 4.18. The van der Waals surface area contributed by atoms with Gasteiger partial charge in [-0.3, -0.25) is 4.99 Å². The Kier molecular flexibility index (Phi) is 7.70. The Balaban J connectivity index is 1.74. The van der Waals surface area contributed by atoms with Crippen LogP contribution in [-0.4, -0.2) is 48.4 Å². The number of ether oxygens (including phenoxy) is 2. The van der Waals surface area contributed by atoms with Gasteiger partial charge in [0.25, 0.3) is 0 Å². The molecule has 1 aliphatic rings. The molecule has 0 atom stereocenters. The molecular weight excluding hydrogens is 370 g/mol. The number of hydrogen-bond donors (Lipinski definition) is 3. The van der Waals surface area contributed by atoms with Crippen molar-refractivity contribution in [1.82, 2.24) is 20.9 Å². The first-order chi connectivity index (χ1) is 13.6. The predicted molar refractivity (Wildman–Crippen MR) is 114 cm³/mol. The van der Waals surface area contributed by atoms with Gasteiger partial charge in [0.1, 0.15) is 5.60 Å². The molecule has 8 nitrogen and oxygen atoms in total. The van der Waals surface area contributed by atoms with Crippen LogP contribution in [0.1, 0.15) is 53.0 Å². The molecular formula is C21H35N5O3. The van der Waals surface area contributed by atoms with Crippen molar-refractivity contribution in [2.24, 2.45) is 10.9 Å². The number of nitrogens with zero attached hydrogens (tertiary/aromatic N) is 2. The van der Waals surface area contributed by atoms with Gasteiger partial charge in [0, 0.05) is 32.4 Å². The molecule has 0 saturated heterocycles. The van der Waals surface area contributed by atoms with Crippen molar-refractivity contribution in [2.45, 2.75) is 65.1 Å². The van der Waals surface area contributed by atoms with Crippen LogP contribution in [0.4, 0.5) is 4.79 Å². The van der Waals surface area contributed by atoms with Crippen molar-refractivity contribution in [3.8, 4) is 5.88 Å². The average molecular weight is 406 g/mol. The first-order valence-electron chi connectivity index (χ1n) is 10.1. The number of guanidine groups is 1. The maximum absolute atomic E-state index is 12.0. The third kappa shape index (κ3) is 9.49. The van der Waals surface area contributed by atoms with Crippen molar-refractivity contribution >= 4 is 12.1 Å². The smallest absolute Gasteiger partial charge is 0.408 e. The zero-order valence-corrected chi connectivity index (χ0v) is 18.5. The molecule has 29 heavy (non-hydrogen) atoms. The largest absolute Gasteiger partial charge is 0.477 e. The van der Waals surface area contributed by atoms with E-state index in [4.69, 9.17) is 9.47 Å². The number of aromatic nitrogens is 1. The Morgan fingerprint density at radius 1 is 1.21 bits per heavy atom. The summed E-state index contributed by atoms with van der Waals surface area (Å²) in [5.74, 6) is 2.01. The zero-order chi connectivity index (χ0) is 21.5. The SMILES string of the molecule is CN=C(NCc1ccc(OCC2CC2)nc1)NCC(C)(C)NC(=O)OC(C)(C)C. The van der Waals surface area contributed by atoms with Crippen molar-refractivity contribution in [3.05, 3.63) is 23.9 Å². The summed E-state index contributed by atoms with van der Waals surface area (Å²) in [5.41, 5.74) is -0.0161. The van der Waals surface area contributed by atoms with Gasteiger partial charge in [0.15, 0.2) is 5.96 Å². The van der Waals surface area contributed by atoms with Crippen molar-refractivity contribution in [3.63, 3.8) is 0 Å². The second-order valence-corrected chi connectivity index (χ2v) is 9.05. The molecule has 0 unspecified atom stereocenters. The van der Waals surface area contributed by atoms with Gasteiger partial charge in [0.05, 0.1) is 12.1 Å². The molecule has 3 N–H and O–H groups in total. The topological polar surface area (TPSA) is 96.9 Å². The summed E-state index contributed by atoms with van der Waals surface area (Å²) >= 11 is 0. The van der Waals surface area contributed by atoms with Crippen molar-refractivity contribution < 1.29 is 14.3 Å². The number of nitrogens with one attached hydrogen (secondary N) is 3. The number of rotatable bonds is 8. The van der Waals surface area contributed by atoms with Gasteiger partial charge in [-0.15, -0.1) is 0 Å². The van der Waals surface area contributed by atoms with E-state index in [9.17, 15) is 4.79 Å². The molecule has 1 amide bonds. The molecule has 162 valence electrons. The van der Waals surface area contributed by atoms with Gasteiger partial charge in [-0.2, -0.15) is 0 Å². The normalized spacial score (nSPS) is 14.9. The maximum atomic E-state index is 12.0. The van der Waals surface area contributed by atoms with Gasteiger partial charge in [-0.1, -0.05) is 6.07 Å². The molecule has 1 aromatic heterocycles. The summed E-state index contributed by atoms with van der Waals surface area (Å²) in [6.45, 7) is 11.2. The van der Waals surface area contributed by atoms with Gasteiger partial charge < -0.3 is 25.4 Å². The highest BCUT2D eigenvalue weighted by atomic mass is 16.6. The van der Waals surface area contributed by atoms with Crippen LogP contribution in [-0.2, 0) is 11.3 Å². The van der Waals surface area contributed by atoms with E-state index in [1.807, 2.05) is 46.8 Å². The Morgan fingerprint density at radius 3 is 2.48 bits per heavy atom. The zero-order valence-electron chi connectivity index (χ0n) is 18.5. The lowest BCUT2D eigenvalue weighted by atomic mass is 10.1. The fourth-order valence-corrected chi connectivity index (χ4v) is 2.42. The number of alkyl carbamates (subject to hydrolysis) is 1. The van der Waals surface area contributed by atoms with Crippen molar-refractivity contribution in [2.75, 3.05) is 20.2 Å². The monoisotopic (exact) mass is 405 g/mol. The van der Waals surface area contributed by atoms with Crippen LogP contribution in [0.2, 0.25) is 0 Å². The van der Waals surface area contributed by atoms with Crippen LogP contribution in [0.3, 0.4) is 0 Å². The first kappa shape index (κ1) is 22.8. The summed E-state index contributed by atoms with van der Waals surface area (Å²) in [4.78, 5) is 20.6. The molecule has 1 heterocycles. The standard InChI is InChI=1S/C21H35N5O3/c1-20(2,3)29-19(27)26-21(4,5)14-25-18(22-6)24-12-16-9-10-17(23-11-16)28-13-15-7-8-15/h9-11,15H,7-8,12-14H2,1-6H3,(H,26,27)(H2,22,24,25). The second-order valence-electron chi connectivity index (χ2n) is 9.05. The van der Waals surface area contributed by atoms with E-state index in [2.05, 4.69) is 25.9 Å². The summed E-state index contributed by atoms with van der Waals surface area (Å²) in [6.07, 6.45) is 3.88. The number of pyridine rings is 1. The highest BCUT2D eigenvalue weighted by molar-refractivity contribution is 5.79. The van der Waals surface area contributed by atoms with E-state index in [1.54, 1.807) is 13.2 Å². The molecule has 1 aromatic rings. The van der Waals surface area contributed by atoms with Crippen LogP contribution < -0.4 is 20.7 Å². The molecule has 0 aromatic carbocycles. The first-order valence-corrected chi connectivity index (χ1v) is 10.1. The van der Waals surface area contributed by atoms with E-state index in [-0.39, 0.29) is 0 Å². The van der Waals surface area contributed by atoms with Gasteiger partial charge in [-0.25, -0.2) is 9.78 Å². The molecule has 2 rings (SSSR count). The summed E-state index contributed by atoms with van der Waals surface area (Å²) in [7, 11) is 1.71. The van der Waals surface area contributed by atoms with Crippen LogP contribution in [0.5, 0.6) is 5.88 Å². The molecule has 0 bridgehead atoms. The minimum atomic E-state index is -0.530. The fourth-order valence-electron chi connectivity index (χ4n) is 2.42. The van der Waals surface area contributed by atoms with Gasteiger partial charge in [0.2, 0.25) is 5.88 Å². The molecule has 1 saturated carbocycles. The number of hydrogen-bond acceptors (Lipinski definition) is 5. The molecule has 1 aliphatic carbocycles. The summed E-state index contributed by atoms with van der Waals surface area (Å²) < 4.78 is 11.0. The van der Waals surface area contributed by atoms with Gasteiger partial charge >= 0.3 is 6.09 Å². The predicted octanol–water partition coefficient (Wildman–Crippen LogP) is 2.84. The highest BCUT2D eigenvalue weighted by Crippen LogP contribution is 2.29. The van der Waals surface area contributed by atoms with E-state index in [0.29, 0.717) is 30.8 Å². The van der Waals surface area contributed by atoms with E-state index < -0.39 is 17.2 Å². The van der Waals surface area contributed by atoms with Crippen molar-refractivity contribution in [1.29, 1.82) is 0 Å². The lowest BCUT2D eigenvalue weighted by Crippen LogP contribution is -2.54. The highest BCUT2D eigenvalue weighted by Gasteiger charge is 2.25. The van der Waals surface area contributed by atoms with E-state index in [1.165, 1.54) is 12.8 Å². The Hall–Kier alpha value is -2.51. The fraction of sp³-hybridized carbons (Fsp3) is 0.667. The van der Waals surface area contributed by atoms with E-state index in [0.717, 1.165) is 12.2 Å². The lowest BCUT2D eigenvalue weighted by Gasteiger charge is -2.29. The Bertz CT molecular complexity index is 691. The molecule has 8 heteroatoms. The second kappa shape index (κ2) is 9.80. The van der Waals surface area contributed by atoms with Crippen LogP contribution in [0, 0.1) is 5.92 Å². The molecule has 0 aliphatic heterocycles. The Labute approximate surface area is 173 Å².